The van der Waals surface area contributed by atoms with E-state index in [0.29, 0.717) is 44.6 Å². The van der Waals surface area contributed by atoms with Crippen LogP contribution in [0.4, 0.5) is 0 Å². The van der Waals surface area contributed by atoms with Crippen molar-refractivity contribution in [3.8, 4) is 0 Å². The highest BCUT2D eigenvalue weighted by molar-refractivity contribution is 5.89. The summed E-state index contributed by atoms with van der Waals surface area (Å²) in [5.74, 6) is -1.02. The number of hydrogen-bond donors (Lipinski definition) is 3. The third-order valence-electron chi connectivity index (χ3n) is 5.04. The van der Waals surface area contributed by atoms with Crippen LogP contribution < -0.4 is 5.32 Å². The number of piperidine rings is 2. The van der Waals surface area contributed by atoms with E-state index >= 15 is 0 Å². The van der Waals surface area contributed by atoms with Gasteiger partial charge in [0, 0.05) is 26.2 Å². The Morgan fingerprint density at radius 2 is 2.17 bits per heavy atom. The van der Waals surface area contributed by atoms with Gasteiger partial charge in [0.05, 0.1) is 17.1 Å². The summed E-state index contributed by atoms with van der Waals surface area (Å²) in [7, 11) is 0. The van der Waals surface area contributed by atoms with Gasteiger partial charge in [0.1, 0.15) is 0 Å². The van der Waals surface area contributed by atoms with Crippen LogP contribution in [-0.2, 0) is 11.3 Å². The van der Waals surface area contributed by atoms with Crippen molar-refractivity contribution < 1.29 is 19.8 Å². The lowest BCUT2D eigenvalue weighted by Crippen LogP contribution is -2.61. The highest BCUT2D eigenvalue weighted by Crippen LogP contribution is 2.37. The van der Waals surface area contributed by atoms with E-state index in [1.807, 2.05) is 12.1 Å². The number of benzene rings is 1. The SMILES string of the molecule is O=C(O)c1ccccc1CN1CC[C@H](O)[C@@]2(CCCNC2=O)C1. The summed E-state index contributed by atoms with van der Waals surface area (Å²) in [5, 5.41) is 22.6. The van der Waals surface area contributed by atoms with E-state index in [1.165, 1.54) is 0 Å². The summed E-state index contributed by atoms with van der Waals surface area (Å²) in [5.41, 5.74) is 0.276. The lowest BCUT2D eigenvalue weighted by atomic mass is 9.71. The standard InChI is InChI=1S/C17H22N2O4/c20-14-6-9-19(11-17(14)7-3-8-18-16(17)23)10-12-4-1-2-5-13(12)15(21)22/h1-2,4-5,14,20H,3,6-11H2,(H,18,23)(H,21,22)/t14-,17+/m0/s1. The third kappa shape index (κ3) is 2.96. The molecule has 23 heavy (non-hydrogen) atoms. The molecule has 1 aromatic rings. The van der Waals surface area contributed by atoms with Crippen molar-refractivity contribution in [1.29, 1.82) is 0 Å². The molecule has 6 heteroatoms. The molecule has 0 radical (unpaired) electrons. The second-order valence-corrected chi connectivity index (χ2v) is 6.49. The fourth-order valence-electron chi connectivity index (χ4n) is 3.77. The predicted molar refractivity (Wildman–Crippen MR) is 84.0 cm³/mol. The fraction of sp³-hybridized carbons (Fsp3) is 0.529. The van der Waals surface area contributed by atoms with Crippen LogP contribution in [0.5, 0.6) is 0 Å². The number of rotatable bonds is 3. The highest BCUT2D eigenvalue weighted by atomic mass is 16.4. The molecule has 1 aromatic carbocycles. The minimum atomic E-state index is -0.942. The summed E-state index contributed by atoms with van der Waals surface area (Å²) < 4.78 is 0. The molecular formula is C17H22N2O4. The van der Waals surface area contributed by atoms with E-state index in [0.717, 1.165) is 12.0 Å². The normalized spacial score (nSPS) is 28.6. The Bertz CT molecular complexity index is 618. The van der Waals surface area contributed by atoms with Crippen LogP contribution >= 0.6 is 0 Å². The molecule has 0 aliphatic carbocycles. The Hall–Kier alpha value is -1.92. The van der Waals surface area contributed by atoms with Gasteiger partial charge in [-0.25, -0.2) is 4.79 Å². The Labute approximate surface area is 135 Å². The number of carbonyl (C=O) groups is 2. The Balaban J connectivity index is 1.80. The largest absolute Gasteiger partial charge is 0.478 e. The summed E-state index contributed by atoms with van der Waals surface area (Å²) in [6.45, 7) is 2.26. The fourth-order valence-corrected chi connectivity index (χ4v) is 3.77. The van der Waals surface area contributed by atoms with Gasteiger partial charge in [0.2, 0.25) is 5.91 Å². The maximum Gasteiger partial charge on any atom is 0.336 e. The second-order valence-electron chi connectivity index (χ2n) is 6.49. The van der Waals surface area contributed by atoms with E-state index in [-0.39, 0.29) is 5.91 Å². The van der Waals surface area contributed by atoms with Gasteiger partial charge in [-0.2, -0.15) is 0 Å². The molecule has 6 nitrogen and oxygen atoms in total. The first kappa shape index (κ1) is 16.0. The average Bonchev–Trinajstić information content (AvgIpc) is 2.54. The van der Waals surface area contributed by atoms with Gasteiger partial charge in [-0.15, -0.1) is 0 Å². The number of likely N-dealkylation sites (tertiary alicyclic amines) is 1. The van der Waals surface area contributed by atoms with Crippen molar-refractivity contribution in [2.75, 3.05) is 19.6 Å². The molecule has 3 N–H and O–H groups in total. The number of nitrogens with one attached hydrogen (secondary N) is 1. The number of amides is 1. The molecule has 0 saturated carbocycles. The van der Waals surface area contributed by atoms with Crippen LogP contribution in [0.25, 0.3) is 0 Å². The first-order valence-corrected chi connectivity index (χ1v) is 8.03. The van der Waals surface area contributed by atoms with Gasteiger partial charge in [0.15, 0.2) is 0 Å². The molecule has 124 valence electrons. The van der Waals surface area contributed by atoms with Crippen molar-refractivity contribution in [3.05, 3.63) is 35.4 Å². The van der Waals surface area contributed by atoms with Crippen molar-refractivity contribution in [2.45, 2.75) is 31.9 Å². The average molecular weight is 318 g/mol. The van der Waals surface area contributed by atoms with Crippen molar-refractivity contribution in [1.82, 2.24) is 10.2 Å². The number of nitrogens with zero attached hydrogens (tertiary/aromatic N) is 1. The van der Waals surface area contributed by atoms with E-state index in [4.69, 9.17) is 0 Å². The van der Waals surface area contributed by atoms with Crippen LogP contribution in [-0.4, -0.2) is 52.7 Å². The van der Waals surface area contributed by atoms with Crippen LogP contribution in [0, 0.1) is 5.41 Å². The molecule has 2 aliphatic heterocycles. The molecule has 3 rings (SSSR count). The summed E-state index contributed by atoms with van der Waals surface area (Å²) in [6, 6.07) is 6.94. The minimum absolute atomic E-state index is 0.0764. The Morgan fingerprint density at radius 1 is 1.39 bits per heavy atom. The Morgan fingerprint density at radius 3 is 2.91 bits per heavy atom. The molecule has 1 spiro atoms. The molecule has 2 aliphatic rings. The van der Waals surface area contributed by atoms with Crippen LogP contribution in [0.3, 0.4) is 0 Å². The van der Waals surface area contributed by atoms with Crippen LogP contribution in [0.15, 0.2) is 24.3 Å². The van der Waals surface area contributed by atoms with E-state index < -0.39 is 17.5 Å². The van der Waals surface area contributed by atoms with E-state index in [9.17, 15) is 19.8 Å². The Kier molecular flexibility index (Phi) is 4.37. The lowest BCUT2D eigenvalue weighted by Gasteiger charge is -2.47. The zero-order chi connectivity index (χ0) is 16.4. The number of carbonyl (C=O) groups excluding carboxylic acids is 1. The number of hydrogen-bond acceptors (Lipinski definition) is 4. The summed E-state index contributed by atoms with van der Waals surface area (Å²) in [6.07, 6.45) is 1.44. The van der Waals surface area contributed by atoms with Crippen LogP contribution in [0.1, 0.15) is 35.2 Å². The predicted octanol–water partition coefficient (Wildman–Crippen LogP) is 0.848. The van der Waals surface area contributed by atoms with Gasteiger partial charge in [-0.05, 0) is 30.9 Å². The number of carboxylic acids is 1. The number of aliphatic hydroxyl groups is 1. The first-order valence-electron chi connectivity index (χ1n) is 8.03. The molecular weight excluding hydrogens is 296 g/mol. The monoisotopic (exact) mass is 318 g/mol. The van der Waals surface area contributed by atoms with Gasteiger partial charge in [0.25, 0.3) is 0 Å². The summed E-state index contributed by atoms with van der Waals surface area (Å²) in [4.78, 5) is 25.8. The first-order chi connectivity index (χ1) is 11.0. The van der Waals surface area contributed by atoms with Gasteiger partial charge in [-0.1, -0.05) is 18.2 Å². The van der Waals surface area contributed by atoms with Crippen molar-refractivity contribution in [2.24, 2.45) is 5.41 Å². The molecule has 2 heterocycles. The van der Waals surface area contributed by atoms with Crippen molar-refractivity contribution in [3.63, 3.8) is 0 Å². The zero-order valence-corrected chi connectivity index (χ0v) is 13.0. The van der Waals surface area contributed by atoms with Crippen molar-refractivity contribution >= 4 is 11.9 Å². The molecule has 0 bridgehead atoms. The topological polar surface area (TPSA) is 89.9 Å². The minimum Gasteiger partial charge on any atom is -0.478 e. The second kappa shape index (κ2) is 6.29. The molecule has 2 atom stereocenters. The zero-order valence-electron chi connectivity index (χ0n) is 13.0. The highest BCUT2D eigenvalue weighted by Gasteiger charge is 2.49. The molecule has 2 fully saturated rings. The maximum absolute atomic E-state index is 12.4. The van der Waals surface area contributed by atoms with Gasteiger partial charge < -0.3 is 15.5 Å². The number of aromatic carboxylic acids is 1. The summed E-state index contributed by atoms with van der Waals surface area (Å²) >= 11 is 0. The number of carboxylic acid groups (broad SMARTS) is 1. The van der Waals surface area contributed by atoms with Crippen LogP contribution in [0.2, 0.25) is 0 Å². The molecule has 0 aromatic heterocycles. The lowest BCUT2D eigenvalue weighted by molar-refractivity contribution is -0.149. The number of aliphatic hydroxyl groups excluding tert-OH is 1. The maximum atomic E-state index is 12.4. The smallest absolute Gasteiger partial charge is 0.336 e. The molecule has 0 unspecified atom stereocenters. The van der Waals surface area contributed by atoms with E-state index in [1.54, 1.807) is 12.1 Å². The van der Waals surface area contributed by atoms with E-state index in [2.05, 4.69) is 10.2 Å². The quantitative estimate of drug-likeness (QED) is 0.769. The molecule has 2 saturated heterocycles. The van der Waals surface area contributed by atoms with Gasteiger partial charge in [-0.3, -0.25) is 9.69 Å². The third-order valence-corrected chi connectivity index (χ3v) is 5.04. The molecule has 1 amide bonds. The van der Waals surface area contributed by atoms with Gasteiger partial charge >= 0.3 is 5.97 Å².